The average Bonchev–Trinajstić information content (AvgIpc) is 3.09. The van der Waals surface area contributed by atoms with Crippen LogP contribution in [-0.4, -0.2) is 33.8 Å². The molecule has 1 aromatic carbocycles. The smallest absolute Gasteiger partial charge is 0.417 e. The fraction of sp³-hybridized carbons (Fsp3) is 0.167. The van der Waals surface area contributed by atoms with Gasteiger partial charge in [-0.1, -0.05) is 0 Å². The number of nitrogens with zero attached hydrogens (tertiary/aromatic N) is 2. The molecule has 152 valence electrons. The predicted octanol–water partition coefficient (Wildman–Crippen LogP) is 2.80. The van der Waals surface area contributed by atoms with Crippen LogP contribution in [0.25, 0.3) is 10.9 Å². The highest BCUT2D eigenvalue weighted by molar-refractivity contribution is 6.06. The summed E-state index contributed by atoms with van der Waals surface area (Å²) in [4.78, 5) is 19.7. The number of pyridine rings is 1. The van der Waals surface area contributed by atoms with E-state index >= 15 is 0 Å². The van der Waals surface area contributed by atoms with Gasteiger partial charge in [-0.3, -0.25) is 15.1 Å². The number of fused-ring (bicyclic) bond motifs is 1. The molecule has 2 aromatic heterocycles. The molecule has 0 aliphatic carbocycles. The summed E-state index contributed by atoms with van der Waals surface area (Å²) in [5.74, 6) is -1.33. The number of hydrogen-bond acceptors (Lipinski definition) is 5. The van der Waals surface area contributed by atoms with Crippen molar-refractivity contribution in [3.63, 3.8) is 0 Å². The average molecular weight is 406 g/mol. The number of rotatable bonds is 4. The second-order valence-corrected chi connectivity index (χ2v) is 6.17. The highest BCUT2D eigenvalue weighted by atomic mass is 19.4. The first kappa shape index (κ1) is 20.1. The maximum Gasteiger partial charge on any atom is 0.417 e. The Bertz CT molecular complexity index is 1090. The van der Waals surface area contributed by atoms with E-state index < -0.39 is 23.6 Å². The number of amides is 1. The molecule has 1 amide bonds. The molecule has 0 spiro atoms. The Labute approximate surface area is 162 Å². The van der Waals surface area contributed by atoms with Crippen LogP contribution in [0.2, 0.25) is 0 Å². The molecule has 29 heavy (non-hydrogen) atoms. The molecule has 3 aromatic rings. The number of hydrogen-bond donors (Lipinski definition) is 4. The summed E-state index contributed by atoms with van der Waals surface area (Å²) in [5, 5.41) is 7.09. The molecule has 0 atom stereocenters. The maximum absolute atomic E-state index is 13.6. The first-order chi connectivity index (χ1) is 13.6. The molecular formula is C18H17F3N6O2. The second kappa shape index (κ2) is 7.43. The Hall–Kier alpha value is -3.60. The van der Waals surface area contributed by atoms with E-state index in [1.54, 1.807) is 6.07 Å². The van der Waals surface area contributed by atoms with E-state index in [0.29, 0.717) is 5.56 Å². The number of ether oxygens (including phenoxy) is 1. The number of carbonyl (C=O) groups excluding carboxylic acids is 1. The van der Waals surface area contributed by atoms with Crippen molar-refractivity contribution in [2.45, 2.75) is 12.7 Å². The monoisotopic (exact) mass is 406 g/mol. The van der Waals surface area contributed by atoms with Crippen molar-refractivity contribution in [2.24, 2.45) is 11.5 Å². The van der Waals surface area contributed by atoms with E-state index in [-0.39, 0.29) is 34.8 Å². The summed E-state index contributed by atoms with van der Waals surface area (Å²) in [7, 11) is 1.24. The molecular weight excluding hydrogens is 389 g/mol. The zero-order valence-corrected chi connectivity index (χ0v) is 15.2. The zero-order chi connectivity index (χ0) is 21.3. The van der Waals surface area contributed by atoms with Crippen LogP contribution in [0.5, 0.6) is 11.6 Å². The normalized spacial score (nSPS) is 11.5. The number of nitrogens with two attached hydrogens (primary N) is 2. The fourth-order valence-electron chi connectivity index (χ4n) is 2.66. The Morgan fingerprint density at radius 1 is 1.31 bits per heavy atom. The number of benzene rings is 1. The van der Waals surface area contributed by atoms with Crippen LogP contribution >= 0.6 is 0 Å². The van der Waals surface area contributed by atoms with E-state index in [9.17, 15) is 18.0 Å². The molecule has 6 N–H and O–H groups in total. The lowest BCUT2D eigenvalue weighted by Gasteiger charge is -2.12. The molecule has 3 rings (SSSR count). The van der Waals surface area contributed by atoms with E-state index in [1.165, 1.54) is 25.4 Å². The van der Waals surface area contributed by atoms with Crippen molar-refractivity contribution in [2.75, 3.05) is 7.05 Å². The molecule has 11 heteroatoms. The number of nitrogens with one attached hydrogen (secondary N) is 2. The minimum atomic E-state index is -4.70. The molecule has 0 saturated heterocycles. The van der Waals surface area contributed by atoms with Crippen LogP contribution < -0.4 is 16.2 Å². The van der Waals surface area contributed by atoms with Gasteiger partial charge >= 0.3 is 6.18 Å². The highest BCUT2D eigenvalue weighted by Gasteiger charge is 2.34. The van der Waals surface area contributed by atoms with Crippen molar-refractivity contribution in [1.29, 1.82) is 5.41 Å². The summed E-state index contributed by atoms with van der Waals surface area (Å²) in [5.41, 5.74) is 10.4. The van der Waals surface area contributed by atoms with E-state index in [1.807, 2.05) is 0 Å². The van der Waals surface area contributed by atoms with Gasteiger partial charge in [-0.05, 0) is 23.8 Å². The topological polar surface area (TPSA) is 134 Å². The lowest BCUT2D eigenvalue weighted by molar-refractivity contribution is -0.136. The first-order valence-corrected chi connectivity index (χ1v) is 8.29. The standard InChI is InChI=1S/C18H17F3N6O2/c1-27(17(23)24)16(28)14-7-11-12(18(19,20)21)5-10(6-13(11)26-14)29-15-4-9(8-22)2-3-25-15/h2-7,26H,8,22H2,1H3,(H3,23,24). The number of guanidine groups is 1. The maximum atomic E-state index is 13.6. The fourth-order valence-corrected chi connectivity index (χ4v) is 2.66. The quantitative estimate of drug-likeness (QED) is 0.390. The van der Waals surface area contributed by atoms with E-state index in [0.717, 1.165) is 17.0 Å². The van der Waals surface area contributed by atoms with Gasteiger partial charge in [0.05, 0.1) is 11.1 Å². The number of alkyl halides is 3. The Balaban J connectivity index is 2.08. The Morgan fingerprint density at radius 2 is 2.03 bits per heavy atom. The van der Waals surface area contributed by atoms with E-state index in [2.05, 4.69) is 9.97 Å². The highest BCUT2D eigenvalue weighted by Crippen LogP contribution is 2.39. The molecule has 0 saturated carbocycles. The lowest BCUT2D eigenvalue weighted by Crippen LogP contribution is -2.38. The van der Waals surface area contributed by atoms with Gasteiger partial charge in [0.1, 0.15) is 11.4 Å². The molecule has 0 fully saturated rings. The van der Waals surface area contributed by atoms with Crippen molar-refractivity contribution in [1.82, 2.24) is 14.9 Å². The van der Waals surface area contributed by atoms with Crippen molar-refractivity contribution >= 4 is 22.8 Å². The van der Waals surface area contributed by atoms with Crippen molar-refractivity contribution in [3.05, 3.63) is 53.3 Å². The summed E-state index contributed by atoms with van der Waals surface area (Å²) in [6, 6.07) is 6.40. The van der Waals surface area contributed by atoms with Gasteiger partial charge < -0.3 is 21.2 Å². The molecule has 0 aliphatic heterocycles. The third-order valence-corrected chi connectivity index (χ3v) is 4.17. The van der Waals surface area contributed by atoms with Gasteiger partial charge in [-0.2, -0.15) is 13.2 Å². The molecule has 0 bridgehead atoms. The van der Waals surface area contributed by atoms with Gasteiger partial charge in [-0.25, -0.2) is 4.98 Å². The van der Waals surface area contributed by atoms with Gasteiger partial charge in [0.15, 0.2) is 5.96 Å². The van der Waals surface area contributed by atoms with Crippen LogP contribution in [0.4, 0.5) is 13.2 Å². The van der Waals surface area contributed by atoms with Crippen LogP contribution in [0, 0.1) is 5.41 Å². The number of aromatic nitrogens is 2. The van der Waals surface area contributed by atoms with Crippen LogP contribution in [0.1, 0.15) is 21.6 Å². The van der Waals surface area contributed by atoms with Gasteiger partial charge in [0.2, 0.25) is 5.88 Å². The molecule has 0 radical (unpaired) electrons. The van der Waals surface area contributed by atoms with Crippen molar-refractivity contribution < 1.29 is 22.7 Å². The van der Waals surface area contributed by atoms with Gasteiger partial charge in [-0.15, -0.1) is 0 Å². The van der Waals surface area contributed by atoms with Gasteiger partial charge in [0.25, 0.3) is 5.91 Å². The minimum Gasteiger partial charge on any atom is -0.439 e. The second-order valence-electron chi connectivity index (χ2n) is 6.17. The van der Waals surface area contributed by atoms with Gasteiger partial charge in [0, 0.05) is 37.3 Å². The van der Waals surface area contributed by atoms with Crippen LogP contribution in [0.3, 0.4) is 0 Å². The van der Waals surface area contributed by atoms with Crippen LogP contribution in [0.15, 0.2) is 36.5 Å². The Morgan fingerprint density at radius 3 is 2.66 bits per heavy atom. The van der Waals surface area contributed by atoms with E-state index in [4.69, 9.17) is 21.6 Å². The molecule has 2 heterocycles. The number of H-pyrrole nitrogens is 1. The number of aromatic amines is 1. The summed E-state index contributed by atoms with van der Waals surface area (Å²) in [6.45, 7) is 0.220. The largest absolute Gasteiger partial charge is 0.439 e. The summed E-state index contributed by atoms with van der Waals surface area (Å²) < 4.78 is 46.3. The summed E-state index contributed by atoms with van der Waals surface area (Å²) >= 11 is 0. The zero-order valence-electron chi connectivity index (χ0n) is 15.2. The SMILES string of the molecule is CN(C(=N)N)C(=O)c1cc2c(C(F)(F)F)cc(Oc3cc(CN)ccn3)cc2[nH]1. The lowest BCUT2D eigenvalue weighted by atomic mass is 10.1. The third kappa shape index (κ3) is 4.14. The summed E-state index contributed by atoms with van der Waals surface area (Å²) in [6.07, 6.45) is -3.26. The molecule has 0 aliphatic rings. The predicted molar refractivity (Wildman–Crippen MR) is 99.5 cm³/mol. The minimum absolute atomic E-state index is 0.0325. The number of halogens is 3. The Kier molecular flexibility index (Phi) is 5.16. The number of carbonyl (C=O) groups is 1. The van der Waals surface area contributed by atoms with Crippen molar-refractivity contribution in [3.8, 4) is 11.6 Å². The first-order valence-electron chi connectivity index (χ1n) is 8.29. The third-order valence-electron chi connectivity index (χ3n) is 4.17. The molecule has 8 nitrogen and oxygen atoms in total. The molecule has 0 unspecified atom stereocenters. The van der Waals surface area contributed by atoms with Crippen LogP contribution in [-0.2, 0) is 12.7 Å².